The van der Waals surface area contributed by atoms with Gasteiger partial charge in [-0.05, 0) is 62.6 Å². The molecule has 0 saturated heterocycles. The van der Waals surface area contributed by atoms with E-state index in [-0.39, 0.29) is 11.7 Å². The molecular weight excluding hydrogens is 415 g/mol. The lowest BCUT2D eigenvalue weighted by atomic mass is 10.00. The summed E-state index contributed by atoms with van der Waals surface area (Å²) < 4.78 is 13.7. The molecule has 0 radical (unpaired) electrons. The zero-order chi connectivity index (χ0) is 23.4. The molecule has 6 heteroatoms. The largest absolute Gasteiger partial charge is 0.354 e. The Balaban J connectivity index is 1.62. The summed E-state index contributed by atoms with van der Waals surface area (Å²) >= 11 is 0. The SMILES string of the molecule is CN(C)CCN(C)Cc1ccc(NC(=C2C(=O)Nc3cc(F)ccc32)c2ccccc2)cc1. The Morgan fingerprint density at radius 2 is 1.67 bits per heavy atom. The molecule has 0 spiro atoms. The average Bonchev–Trinajstić information content (AvgIpc) is 3.12. The normalized spacial score (nSPS) is 14.4. The van der Waals surface area contributed by atoms with Gasteiger partial charge in [-0.25, -0.2) is 4.39 Å². The zero-order valence-electron chi connectivity index (χ0n) is 19.2. The van der Waals surface area contributed by atoms with Crippen molar-refractivity contribution in [1.82, 2.24) is 9.80 Å². The summed E-state index contributed by atoms with van der Waals surface area (Å²) in [6.45, 7) is 2.87. The van der Waals surface area contributed by atoms with Crippen LogP contribution in [0.2, 0.25) is 0 Å². The molecule has 0 unspecified atom stereocenters. The van der Waals surface area contributed by atoms with Crippen LogP contribution in [0.15, 0.2) is 72.8 Å². The number of benzene rings is 3. The lowest BCUT2D eigenvalue weighted by molar-refractivity contribution is -0.110. The van der Waals surface area contributed by atoms with E-state index in [4.69, 9.17) is 0 Å². The van der Waals surface area contributed by atoms with Crippen molar-refractivity contribution in [2.45, 2.75) is 6.54 Å². The highest BCUT2D eigenvalue weighted by Gasteiger charge is 2.28. The van der Waals surface area contributed by atoms with Crippen LogP contribution in [0.5, 0.6) is 0 Å². The van der Waals surface area contributed by atoms with Crippen molar-refractivity contribution in [3.05, 3.63) is 95.3 Å². The van der Waals surface area contributed by atoms with Gasteiger partial charge < -0.3 is 20.4 Å². The van der Waals surface area contributed by atoms with Crippen LogP contribution in [0.1, 0.15) is 16.7 Å². The van der Waals surface area contributed by atoms with Crippen LogP contribution in [0, 0.1) is 5.82 Å². The Kier molecular flexibility index (Phi) is 6.87. The van der Waals surface area contributed by atoms with Gasteiger partial charge in [-0.1, -0.05) is 42.5 Å². The van der Waals surface area contributed by atoms with Crippen molar-refractivity contribution < 1.29 is 9.18 Å². The summed E-state index contributed by atoms with van der Waals surface area (Å²) in [6, 6.07) is 22.3. The molecule has 1 aliphatic heterocycles. The van der Waals surface area contributed by atoms with E-state index in [0.717, 1.165) is 30.9 Å². The fourth-order valence-corrected chi connectivity index (χ4v) is 3.88. The molecule has 5 nitrogen and oxygen atoms in total. The van der Waals surface area contributed by atoms with Gasteiger partial charge in [0, 0.05) is 30.9 Å². The number of nitrogens with one attached hydrogen (secondary N) is 2. The maximum Gasteiger partial charge on any atom is 0.258 e. The Bertz CT molecular complexity index is 1160. The van der Waals surface area contributed by atoms with E-state index in [1.54, 1.807) is 6.07 Å². The highest BCUT2D eigenvalue weighted by molar-refractivity contribution is 6.37. The van der Waals surface area contributed by atoms with Crippen molar-refractivity contribution in [2.75, 3.05) is 44.9 Å². The van der Waals surface area contributed by atoms with Crippen molar-refractivity contribution >= 4 is 28.6 Å². The van der Waals surface area contributed by atoms with Crippen LogP contribution < -0.4 is 10.6 Å². The van der Waals surface area contributed by atoms with Gasteiger partial charge in [0.1, 0.15) is 5.82 Å². The first-order valence-corrected chi connectivity index (χ1v) is 11.0. The molecule has 0 fully saturated rings. The quantitative estimate of drug-likeness (QED) is 0.492. The summed E-state index contributed by atoms with van der Waals surface area (Å²) in [4.78, 5) is 17.4. The standard InChI is InChI=1S/C27H29FN4O/c1-31(2)15-16-32(3)18-19-9-12-22(13-10-19)29-26(20-7-5-4-6-8-20)25-23-14-11-21(28)17-24(23)30-27(25)33/h4-14,17,29H,15-16,18H2,1-3H3,(H,30,33). The molecule has 0 bridgehead atoms. The van der Waals surface area contributed by atoms with E-state index in [1.165, 1.54) is 17.7 Å². The van der Waals surface area contributed by atoms with Crippen LogP contribution in [0.3, 0.4) is 0 Å². The molecule has 170 valence electrons. The Morgan fingerprint density at radius 3 is 2.36 bits per heavy atom. The third kappa shape index (κ3) is 5.48. The van der Waals surface area contributed by atoms with E-state index in [2.05, 4.69) is 53.7 Å². The van der Waals surface area contributed by atoms with E-state index in [1.807, 2.05) is 42.5 Å². The predicted molar refractivity (Wildman–Crippen MR) is 133 cm³/mol. The van der Waals surface area contributed by atoms with Crippen LogP contribution in [0.4, 0.5) is 15.8 Å². The summed E-state index contributed by atoms with van der Waals surface area (Å²) in [5, 5.41) is 6.24. The fraction of sp³-hybridized carbons (Fsp3) is 0.222. The smallest absolute Gasteiger partial charge is 0.258 e. The molecule has 3 aromatic carbocycles. The number of halogens is 1. The average molecular weight is 445 g/mol. The van der Waals surface area contributed by atoms with E-state index < -0.39 is 0 Å². The van der Waals surface area contributed by atoms with Crippen molar-refractivity contribution in [3.8, 4) is 0 Å². The molecule has 33 heavy (non-hydrogen) atoms. The molecule has 2 N–H and O–H groups in total. The van der Waals surface area contributed by atoms with Gasteiger partial charge in [-0.2, -0.15) is 0 Å². The lowest BCUT2D eigenvalue weighted by Gasteiger charge is -2.20. The Morgan fingerprint density at radius 1 is 0.939 bits per heavy atom. The van der Waals surface area contributed by atoms with E-state index >= 15 is 0 Å². The molecule has 0 aliphatic carbocycles. The second-order valence-electron chi connectivity index (χ2n) is 8.62. The van der Waals surface area contributed by atoms with Crippen molar-refractivity contribution in [1.29, 1.82) is 0 Å². The number of hydrogen-bond donors (Lipinski definition) is 2. The minimum absolute atomic E-state index is 0.249. The van der Waals surface area contributed by atoms with Crippen LogP contribution in [-0.2, 0) is 11.3 Å². The summed E-state index contributed by atoms with van der Waals surface area (Å²) in [5.74, 6) is -0.628. The van der Waals surface area contributed by atoms with Gasteiger partial charge >= 0.3 is 0 Å². The first-order chi connectivity index (χ1) is 15.9. The predicted octanol–water partition coefficient (Wildman–Crippen LogP) is 4.75. The zero-order valence-corrected chi connectivity index (χ0v) is 19.2. The second-order valence-corrected chi connectivity index (χ2v) is 8.62. The maximum atomic E-state index is 13.7. The van der Waals surface area contributed by atoms with Gasteiger partial charge in [0.15, 0.2) is 0 Å². The van der Waals surface area contributed by atoms with Crippen LogP contribution >= 0.6 is 0 Å². The molecule has 4 rings (SSSR count). The van der Waals surface area contributed by atoms with Gasteiger partial charge in [-0.3, -0.25) is 4.79 Å². The number of amides is 1. The van der Waals surface area contributed by atoms with Crippen LogP contribution in [0.25, 0.3) is 11.3 Å². The Labute approximate surface area is 194 Å². The maximum absolute atomic E-state index is 13.7. The number of rotatable bonds is 8. The molecule has 1 amide bonds. The molecule has 1 heterocycles. The third-order valence-electron chi connectivity index (χ3n) is 5.64. The van der Waals surface area contributed by atoms with Crippen LogP contribution in [-0.4, -0.2) is 49.9 Å². The summed E-state index contributed by atoms with van der Waals surface area (Å²) in [6.07, 6.45) is 0. The number of carbonyl (C=O) groups is 1. The van der Waals surface area contributed by atoms with Gasteiger partial charge in [-0.15, -0.1) is 0 Å². The molecule has 0 aromatic heterocycles. The van der Waals surface area contributed by atoms with Crippen molar-refractivity contribution in [3.63, 3.8) is 0 Å². The number of likely N-dealkylation sites (N-methyl/N-ethyl adjacent to an activating group) is 2. The minimum atomic E-state index is -0.379. The molecule has 0 saturated carbocycles. The third-order valence-corrected chi connectivity index (χ3v) is 5.64. The molecule has 0 atom stereocenters. The minimum Gasteiger partial charge on any atom is -0.354 e. The second kappa shape index (κ2) is 9.98. The Hall–Kier alpha value is -3.48. The van der Waals surface area contributed by atoms with Crippen molar-refractivity contribution in [2.24, 2.45) is 0 Å². The number of fused-ring (bicyclic) bond motifs is 1. The fourth-order valence-electron chi connectivity index (χ4n) is 3.88. The van der Waals surface area contributed by atoms with E-state index in [9.17, 15) is 9.18 Å². The number of carbonyl (C=O) groups excluding carboxylic acids is 1. The van der Waals surface area contributed by atoms with Gasteiger partial charge in [0.2, 0.25) is 0 Å². The first-order valence-electron chi connectivity index (χ1n) is 11.0. The highest BCUT2D eigenvalue weighted by atomic mass is 19.1. The lowest BCUT2D eigenvalue weighted by Crippen LogP contribution is -2.28. The number of nitrogens with zero attached hydrogens (tertiary/aromatic N) is 2. The summed E-state index contributed by atoms with van der Waals surface area (Å²) in [7, 11) is 6.27. The molecule has 3 aromatic rings. The highest BCUT2D eigenvalue weighted by Crippen LogP contribution is 2.37. The van der Waals surface area contributed by atoms with Gasteiger partial charge in [0.05, 0.1) is 17.0 Å². The number of hydrogen-bond acceptors (Lipinski definition) is 4. The summed E-state index contributed by atoms with van der Waals surface area (Å²) in [5.41, 5.74) is 5.35. The first kappa shape index (κ1) is 22.7. The monoisotopic (exact) mass is 444 g/mol. The van der Waals surface area contributed by atoms with E-state index in [0.29, 0.717) is 22.5 Å². The van der Waals surface area contributed by atoms with Gasteiger partial charge in [0.25, 0.3) is 5.91 Å². The topological polar surface area (TPSA) is 47.6 Å². The number of anilines is 2. The molecule has 1 aliphatic rings. The molecular formula is C27H29FN4O.